The van der Waals surface area contributed by atoms with E-state index < -0.39 is 14.6 Å². The molecule has 6 nitrogen and oxygen atoms in total. The highest BCUT2D eigenvalue weighted by Crippen LogP contribution is 2.23. The number of guanidine groups is 1. The second-order valence-electron chi connectivity index (χ2n) is 8.26. The molecule has 0 radical (unpaired) electrons. The van der Waals surface area contributed by atoms with E-state index in [0.717, 1.165) is 32.0 Å². The first kappa shape index (κ1) is 27.2. The molecule has 1 saturated heterocycles. The Morgan fingerprint density at radius 1 is 1.20 bits per heavy atom. The van der Waals surface area contributed by atoms with E-state index in [9.17, 15) is 8.42 Å². The Bertz CT molecular complexity index is 765. The molecule has 0 aromatic heterocycles. The van der Waals surface area contributed by atoms with Crippen LogP contribution in [0.15, 0.2) is 35.3 Å². The molecular formula is C22H39IN4O2S. The lowest BCUT2D eigenvalue weighted by Crippen LogP contribution is -2.57. The summed E-state index contributed by atoms with van der Waals surface area (Å²) < 4.78 is 24.0. The summed E-state index contributed by atoms with van der Waals surface area (Å²) in [5.74, 6) is 0.995. The average Bonchev–Trinajstić information content (AvgIpc) is 2.68. The molecular weight excluding hydrogens is 511 g/mol. The highest BCUT2D eigenvalue weighted by atomic mass is 127. The molecule has 1 aromatic carbocycles. The van der Waals surface area contributed by atoms with Crippen molar-refractivity contribution >= 4 is 39.8 Å². The van der Waals surface area contributed by atoms with Gasteiger partial charge in [0, 0.05) is 25.7 Å². The molecule has 1 aliphatic rings. The number of nitrogens with zero attached hydrogens (tertiary/aromatic N) is 3. The van der Waals surface area contributed by atoms with Crippen molar-refractivity contribution < 1.29 is 8.42 Å². The number of aliphatic imine (C=N–C) groups is 1. The fourth-order valence-corrected chi connectivity index (χ4v) is 5.24. The van der Waals surface area contributed by atoms with Gasteiger partial charge in [-0.3, -0.25) is 9.89 Å². The van der Waals surface area contributed by atoms with Gasteiger partial charge in [0.25, 0.3) is 0 Å². The maximum atomic E-state index is 12.4. The topological polar surface area (TPSA) is 65.0 Å². The van der Waals surface area contributed by atoms with Crippen LogP contribution >= 0.6 is 24.0 Å². The molecule has 0 saturated carbocycles. The van der Waals surface area contributed by atoms with E-state index in [4.69, 9.17) is 4.99 Å². The number of nitrogens with one attached hydrogen (secondary N) is 1. The molecule has 1 heterocycles. The molecule has 0 amide bonds. The zero-order valence-electron chi connectivity index (χ0n) is 19.1. The van der Waals surface area contributed by atoms with E-state index >= 15 is 0 Å². The minimum absolute atomic E-state index is 0. The van der Waals surface area contributed by atoms with Crippen molar-refractivity contribution in [2.24, 2.45) is 4.99 Å². The molecule has 0 aliphatic carbocycles. The fourth-order valence-electron chi connectivity index (χ4n) is 3.88. The summed E-state index contributed by atoms with van der Waals surface area (Å²) in [5.41, 5.74) is 1.31. The van der Waals surface area contributed by atoms with Gasteiger partial charge in [0.05, 0.1) is 17.0 Å². The minimum Gasteiger partial charge on any atom is -0.357 e. The molecule has 1 aromatic rings. The number of hydrogen-bond donors (Lipinski definition) is 1. The largest absolute Gasteiger partial charge is 0.357 e. The third-order valence-corrected chi connectivity index (χ3v) is 8.31. The van der Waals surface area contributed by atoms with Gasteiger partial charge in [-0.05, 0) is 45.8 Å². The van der Waals surface area contributed by atoms with Gasteiger partial charge >= 0.3 is 0 Å². The van der Waals surface area contributed by atoms with E-state index in [1.807, 2.05) is 26.8 Å². The molecule has 0 bridgehead atoms. The van der Waals surface area contributed by atoms with Crippen LogP contribution in [-0.2, 0) is 16.3 Å². The summed E-state index contributed by atoms with van der Waals surface area (Å²) in [6, 6.07) is 10.9. The molecule has 1 N–H and O–H groups in total. The van der Waals surface area contributed by atoms with Crippen molar-refractivity contribution in [1.29, 1.82) is 0 Å². The third-order valence-electron chi connectivity index (χ3n) is 5.77. The Kier molecular flexibility index (Phi) is 11.1. The van der Waals surface area contributed by atoms with Gasteiger partial charge < -0.3 is 10.2 Å². The Balaban J connectivity index is 0.00000450. The lowest BCUT2D eigenvalue weighted by atomic mass is 10.0. The second kappa shape index (κ2) is 12.2. The lowest BCUT2D eigenvalue weighted by Gasteiger charge is -2.39. The van der Waals surface area contributed by atoms with Gasteiger partial charge in [-0.25, -0.2) is 8.42 Å². The summed E-state index contributed by atoms with van der Waals surface area (Å²) in [5, 5.41) is 3.37. The van der Waals surface area contributed by atoms with Gasteiger partial charge in [-0.15, -0.1) is 24.0 Å². The van der Waals surface area contributed by atoms with Crippen molar-refractivity contribution in [3.05, 3.63) is 35.9 Å². The maximum absolute atomic E-state index is 12.4. The number of halogens is 1. The van der Waals surface area contributed by atoms with E-state index in [2.05, 4.69) is 53.2 Å². The van der Waals surface area contributed by atoms with Crippen LogP contribution in [0.2, 0.25) is 0 Å². The molecule has 172 valence electrons. The zero-order valence-corrected chi connectivity index (χ0v) is 22.2. The molecule has 8 heteroatoms. The molecule has 1 fully saturated rings. The second-order valence-corrected chi connectivity index (χ2v) is 11.0. The first-order valence-electron chi connectivity index (χ1n) is 10.8. The van der Waals surface area contributed by atoms with Gasteiger partial charge in [0.1, 0.15) is 0 Å². The Labute approximate surface area is 200 Å². The molecule has 2 rings (SSSR count). The van der Waals surface area contributed by atoms with Crippen molar-refractivity contribution in [2.45, 2.75) is 51.8 Å². The zero-order chi connectivity index (χ0) is 21.5. The highest BCUT2D eigenvalue weighted by Gasteiger charge is 2.41. The molecule has 1 atom stereocenters. The van der Waals surface area contributed by atoms with Gasteiger partial charge in [-0.1, -0.05) is 44.2 Å². The van der Waals surface area contributed by atoms with E-state index in [1.54, 1.807) is 0 Å². The van der Waals surface area contributed by atoms with Crippen molar-refractivity contribution in [3.8, 4) is 0 Å². The number of hydrogen-bond acceptors (Lipinski definition) is 4. The molecule has 1 aliphatic heterocycles. The van der Waals surface area contributed by atoms with Crippen LogP contribution in [0.1, 0.15) is 40.2 Å². The van der Waals surface area contributed by atoms with Crippen LogP contribution in [0.4, 0.5) is 0 Å². The average molecular weight is 551 g/mol. The van der Waals surface area contributed by atoms with Crippen LogP contribution in [0.3, 0.4) is 0 Å². The highest BCUT2D eigenvalue weighted by molar-refractivity contribution is 14.0. The van der Waals surface area contributed by atoms with Gasteiger partial charge in [-0.2, -0.15) is 0 Å². The van der Waals surface area contributed by atoms with Crippen molar-refractivity contribution in [2.75, 3.05) is 45.0 Å². The predicted molar refractivity (Wildman–Crippen MR) is 138 cm³/mol. The smallest absolute Gasteiger partial charge is 0.194 e. The monoisotopic (exact) mass is 550 g/mol. The van der Waals surface area contributed by atoms with E-state index in [1.165, 1.54) is 5.56 Å². The van der Waals surface area contributed by atoms with E-state index in [-0.39, 0.29) is 29.7 Å². The maximum Gasteiger partial charge on any atom is 0.194 e. The normalized spacial score (nSPS) is 19.3. The van der Waals surface area contributed by atoms with Crippen molar-refractivity contribution in [3.63, 3.8) is 0 Å². The first-order chi connectivity index (χ1) is 13.7. The number of likely N-dealkylation sites (N-methyl/N-ethyl adjacent to an activating group) is 1. The summed E-state index contributed by atoms with van der Waals surface area (Å²) in [6.45, 7) is 14.4. The Morgan fingerprint density at radius 3 is 2.37 bits per heavy atom. The van der Waals surface area contributed by atoms with Crippen LogP contribution in [0.25, 0.3) is 0 Å². The van der Waals surface area contributed by atoms with Crippen LogP contribution in [-0.4, -0.2) is 80.0 Å². The summed E-state index contributed by atoms with van der Waals surface area (Å²) >= 11 is 0. The predicted octanol–water partition coefficient (Wildman–Crippen LogP) is 3.03. The quantitative estimate of drug-likeness (QED) is 0.306. The Hall–Kier alpha value is -0.870. The molecule has 30 heavy (non-hydrogen) atoms. The van der Waals surface area contributed by atoms with Crippen LogP contribution in [0.5, 0.6) is 0 Å². The SMILES string of the molecule is CCNC(=NCC(Cc1ccccc1)N(CC)CC)N1CCS(=O)(=O)C(C)(C)C1.I. The van der Waals surface area contributed by atoms with Crippen LogP contribution < -0.4 is 5.32 Å². The Morgan fingerprint density at radius 2 is 1.83 bits per heavy atom. The number of benzene rings is 1. The first-order valence-corrected chi connectivity index (χ1v) is 12.4. The minimum atomic E-state index is -3.07. The number of rotatable bonds is 8. The number of sulfone groups is 1. The lowest BCUT2D eigenvalue weighted by molar-refractivity contribution is 0.219. The summed E-state index contributed by atoms with van der Waals surface area (Å²) in [7, 11) is -3.07. The van der Waals surface area contributed by atoms with Gasteiger partial charge in [0.15, 0.2) is 15.8 Å². The summed E-state index contributed by atoms with van der Waals surface area (Å²) in [4.78, 5) is 9.51. The fraction of sp³-hybridized carbons (Fsp3) is 0.682. The molecule has 0 spiro atoms. The van der Waals surface area contributed by atoms with Crippen molar-refractivity contribution in [1.82, 2.24) is 15.1 Å². The standard InChI is InChI=1S/C22H38N4O2S.HI/c1-6-23-21(26-14-15-29(27,28)22(4,5)18-26)24-17-20(25(7-2)8-3)16-19-12-10-9-11-13-19;/h9-13,20H,6-8,14-18H2,1-5H3,(H,23,24);1H. The summed E-state index contributed by atoms with van der Waals surface area (Å²) in [6.07, 6.45) is 0.950. The third kappa shape index (κ3) is 7.09. The van der Waals surface area contributed by atoms with Gasteiger partial charge in [0.2, 0.25) is 0 Å². The van der Waals surface area contributed by atoms with E-state index in [0.29, 0.717) is 25.7 Å². The molecule has 1 unspecified atom stereocenters. The van der Waals surface area contributed by atoms with Crippen LogP contribution in [0, 0.1) is 0 Å².